The lowest BCUT2D eigenvalue weighted by atomic mass is 9.80. The van der Waals surface area contributed by atoms with E-state index in [4.69, 9.17) is 27.9 Å². The van der Waals surface area contributed by atoms with Crippen molar-refractivity contribution in [3.63, 3.8) is 0 Å². The molecule has 0 saturated carbocycles. The van der Waals surface area contributed by atoms with Gasteiger partial charge in [-0.25, -0.2) is 0 Å². The maximum atomic E-state index is 12.9. The standard InChI is InChI=1S/C41H42O8S/c1-44-40-39(46-29-32-20-10-4-11-21-32)38(45-28-31-18-8-3-9-19-31)37(48-40)36(49-50(2,42)43)30-47-41(33-22-12-5-13-23-33,34-24-14-6-15-25-34)35-26-16-7-17-27-35/h3-27,36-40H,28-30H2,1-2H3/t36-,37-,38+,39-,40+/m1/s1. The fourth-order valence-corrected chi connectivity index (χ4v) is 7.03. The Bertz CT molecular complexity index is 1750. The molecule has 0 N–H and O–H groups in total. The molecule has 0 amide bonds. The van der Waals surface area contributed by atoms with Crippen molar-refractivity contribution >= 4 is 10.1 Å². The molecule has 9 heteroatoms. The first-order valence-corrected chi connectivity index (χ1v) is 18.4. The summed E-state index contributed by atoms with van der Waals surface area (Å²) in [7, 11) is -2.48. The zero-order valence-corrected chi connectivity index (χ0v) is 28.9. The second-order valence-corrected chi connectivity index (χ2v) is 13.8. The molecule has 1 fully saturated rings. The molecule has 0 spiro atoms. The lowest BCUT2D eigenvalue weighted by Crippen LogP contribution is -2.47. The summed E-state index contributed by atoms with van der Waals surface area (Å²) >= 11 is 0. The van der Waals surface area contributed by atoms with Crippen LogP contribution in [0.1, 0.15) is 27.8 Å². The van der Waals surface area contributed by atoms with Gasteiger partial charge in [0.2, 0.25) is 0 Å². The maximum absolute atomic E-state index is 12.9. The Balaban J connectivity index is 1.39. The minimum absolute atomic E-state index is 0.191. The predicted octanol–water partition coefficient (Wildman–Crippen LogP) is 6.88. The summed E-state index contributed by atoms with van der Waals surface area (Å²) in [5, 5.41) is 0. The van der Waals surface area contributed by atoms with Crippen molar-refractivity contribution in [3.8, 4) is 0 Å². The molecule has 260 valence electrons. The topological polar surface area (TPSA) is 89.5 Å². The zero-order valence-electron chi connectivity index (χ0n) is 28.1. The molecule has 5 atom stereocenters. The molecule has 0 unspecified atom stereocenters. The fraction of sp³-hybridized carbons (Fsp3) is 0.268. The highest BCUT2D eigenvalue weighted by atomic mass is 32.2. The Morgan fingerprint density at radius 1 is 0.620 bits per heavy atom. The molecule has 1 aliphatic rings. The number of rotatable bonds is 16. The van der Waals surface area contributed by atoms with Gasteiger partial charge in [0.15, 0.2) is 6.29 Å². The zero-order chi connectivity index (χ0) is 34.8. The van der Waals surface area contributed by atoms with Gasteiger partial charge in [-0.05, 0) is 27.8 Å². The lowest BCUT2D eigenvalue weighted by Gasteiger charge is -2.38. The van der Waals surface area contributed by atoms with Crippen molar-refractivity contribution in [2.75, 3.05) is 20.0 Å². The predicted molar refractivity (Wildman–Crippen MR) is 191 cm³/mol. The van der Waals surface area contributed by atoms with Crippen LogP contribution in [0.3, 0.4) is 0 Å². The number of methoxy groups -OCH3 is 1. The van der Waals surface area contributed by atoms with Crippen LogP contribution in [-0.2, 0) is 56.8 Å². The highest BCUT2D eigenvalue weighted by Gasteiger charge is 2.52. The molecule has 0 radical (unpaired) electrons. The van der Waals surface area contributed by atoms with E-state index >= 15 is 0 Å². The van der Waals surface area contributed by atoms with E-state index in [9.17, 15) is 8.42 Å². The average Bonchev–Trinajstić information content (AvgIpc) is 3.51. The van der Waals surface area contributed by atoms with Crippen LogP contribution < -0.4 is 0 Å². The van der Waals surface area contributed by atoms with E-state index in [2.05, 4.69) is 0 Å². The van der Waals surface area contributed by atoms with Crippen LogP contribution in [0, 0.1) is 0 Å². The molecular weight excluding hydrogens is 653 g/mol. The molecule has 1 aliphatic heterocycles. The number of benzene rings is 5. The second-order valence-electron chi connectivity index (χ2n) is 12.2. The number of hydrogen-bond acceptors (Lipinski definition) is 8. The lowest BCUT2D eigenvalue weighted by molar-refractivity contribution is -0.178. The Hall–Kier alpha value is -4.19. The van der Waals surface area contributed by atoms with Crippen LogP contribution in [0.5, 0.6) is 0 Å². The second kappa shape index (κ2) is 16.7. The minimum Gasteiger partial charge on any atom is -0.368 e. The van der Waals surface area contributed by atoms with Crippen LogP contribution >= 0.6 is 0 Å². The van der Waals surface area contributed by atoms with E-state index < -0.39 is 46.4 Å². The Morgan fingerprint density at radius 2 is 1.02 bits per heavy atom. The van der Waals surface area contributed by atoms with Crippen LogP contribution in [0.25, 0.3) is 0 Å². The van der Waals surface area contributed by atoms with Gasteiger partial charge in [0.25, 0.3) is 10.1 Å². The van der Waals surface area contributed by atoms with Crippen molar-refractivity contribution in [1.29, 1.82) is 0 Å². The molecule has 0 aromatic heterocycles. The normalized spacial score (nSPS) is 20.0. The smallest absolute Gasteiger partial charge is 0.264 e. The Morgan fingerprint density at radius 3 is 1.42 bits per heavy atom. The van der Waals surface area contributed by atoms with Gasteiger partial charge < -0.3 is 23.7 Å². The van der Waals surface area contributed by atoms with Crippen molar-refractivity contribution < 1.29 is 36.3 Å². The van der Waals surface area contributed by atoms with Gasteiger partial charge in [-0.1, -0.05) is 152 Å². The van der Waals surface area contributed by atoms with Crippen molar-refractivity contribution in [3.05, 3.63) is 179 Å². The summed E-state index contributed by atoms with van der Waals surface area (Å²) < 4.78 is 64.0. The van der Waals surface area contributed by atoms with Crippen molar-refractivity contribution in [1.82, 2.24) is 0 Å². The van der Waals surface area contributed by atoms with Gasteiger partial charge in [0.05, 0.1) is 26.1 Å². The third kappa shape index (κ3) is 8.57. The summed E-state index contributed by atoms with van der Waals surface area (Å²) in [4.78, 5) is 0. The SMILES string of the molecule is CO[C@H]1O[C@H]([C@@H](COC(c2ccccc2)(c2ccccc2)c2ccccc2)OS(C)(=O)=O)[C@H](OCc2ccccc2)[C@H]1OCc1ccccc1. The number of ether oxygens (including phenoxy) is 5. The van der Waals surface area contributed by atoms with E-state index in [1.54, 1.807) is 0 Å². The largest absolute Gasteiger partial charge is 0.368 e. The van der Waals surface area contributed by atoms with Crippen molar-refractivity contribution in [2.24, 2.45) is 0 Å². The fourth-order valence-electron chi connectivity index (χ4n) is 6.41. The molecule has 5 aromatic rings. The van der Waals surface area contributed by atoms with Crippen LogP contribution in [0.2, 0.25) is 0 Å². The first-order valence-electron chi connectivity index (χ1n) is 16.6. The highest BCUT2D eigenvalue weighted by Crippen LogP contribution is 2.41. The third-order valence-corrected chi connectivity index (χ3v) is 9.28. The maximum Gasteiger partial charge on any atom is 0.264 e. The van der Waals surface area contributed by atoms with Gasteiger partial charge in [-0.15, -0.1) is 0 Å². The minimum atomic E-state index is -4.01. The van der Waals surface area contributed by atoms with E-state index in [0.29, 0.717) is 0 Å². The molecular formula is C41H42O8S. The molecule has 0 bridgehead atoms. The van der Waals surface area contributed by atoms with E-state index in [0.717, 1.165) is 34.1 Å². The van der Waals surface area contributed by atoms with Gasteiger partial charge in [-0.3, -0.25) is 4.18 Å². The molecule has 50 heavy (non-hydrogen) atoms. The summed E-state index contributed by atoms with van der Waals surface area (Å²) in [6.45, 7) is 0.296. The van der Waals surface area contributed by atoms with Gasteiger partial charge in [0.1, 0.15) is 30.0 Å². The van der Waals surface area contributed by atoms with Gasteiger partial charge in [0, 0.05) is 7.11 Å². The summed E-state index contributed by atoms with van der Waals surface area (Å²) in [5.41, 5.74) is 3.34. The molecule has 8 nitrogen and oxygen atoms in total. The summed E-state index contributed by atoms with van der Waals surface area (Å²) in [6.07, 6.45) is -3.48. The van der Waals surface area contributed by atoms with E-state index in [1.165, 1.54) is 7.11 Å². The van der Waals surface area contributed by atoms with Gasteiger partial charge >= 0.3 is 0 Å². The quantitative estimate of drug-likeness (QED) is 0.0816. The molecule has 1 heterocycles. The summed E-state index contributed by atoms with van der Waals surface area (Å²) in [6, 6.07) is 49.0. The van der Waals surface area contributed by atoms with Crippen LogP contribution in [0.4, 0.5) is 0 Å². The monoisotopic (exact) mass is 694 g/mol. The Kier molecular flexibility index (Phi) is 11.9. The average molecular weight is 695 g/mol. The molecule has 0 aliphatic carbocycles. The van der Waals surface area contributed by atoms with Crippen LogP contribution in [0.15, 0.2) is 152 Å². The molecule has 5 aromatic carbocycles. The van der Waals surface area contributed by atoms with E-state index in [1.807, 2.05) is 152 Å². The van der Waals surface area contributed by atoms with E-state index in [-0.39, 0.29) is 19.8 Å². The number of hydrogen-bond donors (Lipinski definition) is 0. The summed E-state index contributed by atoms with van der Waals surface area (Å²) in [5.74, 6) is 0. The van der Waals surface area contributed by atoms with Crippen molar-refractivity contribution in [2.45, 2.75) is 49.5 Å². The first-order chi connectivity index (χ1) is 24.4. The van der Waals surface area contributed by atoms with Crippen LogP contribution in [-0.4, -0.2) is 59.1 Å². The molecule has 6 rings (SSSR count). The highest BCUT2D eigenvalue weighted by molar-refractivity contribution is 7.86. The third-order valence-electron chi connectivity index (χ3n) is 8.68. The Labute approximate surface area is 294 Å². The van der Waals surface area contributed by atoms with Gasteiger partial charge in [-0.2, -0.15) is 8.42 Å². The first kappa shape index (κ1) is 35.6. The molecule has 1 saturated heterocycles.